The second-order valence-corrected chi connectivity index (χ2v) is 3.37. The number of aliphatic hydroxyl groups excluding tert-OH is 1. The van der Waals surface area contributed by atoms with Gasteiger partial charge in [-0.2, -0.15) is 0 Å². The van der Waals surface area contributed by atoms with E-state index in [0.29, 0.717) is 5.56 Å². The van der Waals surface area contributed by atoms with Crippen LogP contribution < -0.4 is 0 Å². The minimum absolute atomic E-state index is 0. The molecule has 0 amide bonds. The Morgan fingerprint density at radius 3 is 2.17 bits per heavy atom. The molecule has 1 aromatic rings. The minimum atomic E-state index is -2.86. The van der Waals surface area contributed by atoms with E-state index in [1.807, 2.05) is 0 Å². The van der Waals surface area contributed by atoms with Gasteiger partial charge in [0.2, 0.25) is 8.03 Å². The molecule has 0 aromatic heterocycles. The summed E-state index contributed by atoms with van der Waals surface area (Å²) in [7, 11) is -2.86. The SMILES string of the molecule is O=[PH](O)C(O)c1ccccc1.[AlH3]. The van der Waals surface area contributed by atoms with Crippen molar-refractivity contribution in [3.63, 3.8) is 0 Å². The molecule has 0 radical (unpaired) electrons. The third-order valence-electron chi connectivity index (χ3n) is 1.35. The molecule has 1 rings (SSSR count). The Hall–Kier alpha value is -0.0975. The number of hydrogen-bond acceptors (Lipinski definition) is 2. The third-order valence-corrected chi connectivity index (χ3v) is 2.15. The summed E-state index contributed by atoms with van der Waals surface area (Å²) in [5.41, 5.74) is 0.485. The molecule has 0 bridgehead atoms. The van der Waals surface area contributed by atoms with Crippen LogP contribution in [0.5, 0.6) is 0 Å². The first kappa shape index (κ1) is 11.9. The molecule has 0 aliphatic carbocycles. The van der Waals surface area contributed by atoms with Crippen molar-refractivity contribution in [2.45, 2.75) is 5.85 Å². The van der Waals surface area contributed by atoms with E-state index in [4.69, 9.17) is 10.00 Å². The lowest BCUT2D eigenvalue weighted by Crippen LogP contribution is -1.89. The molecule has 3 nitrogen and oxygen atoms in total. The zero-order valence-electron chi connectivity index (χ0n) is 5.77. The maximum atomic E-state index is 10.4. The average molecular weight is 202 g/mol. The van der Waals surface area contributed by atoms with Crippen molar-refractivity contribution in [2.24, 2.45) is 0 Å². The molecule has 0 saturated heterocycles. The first-order valence-corrected chi connectivity index (χ1v) is 4.61. The van der Waals surface area contributed by atoms with Gasteiger partial charge in [-0.05, 0) is 5.56 Å². The smallest absolute Gasteiger partial charge is 0.221 e. The second-order valence-electron chi connectivity index (χ2n) is 2.15. The summed E-state index contributed by atoms with van der Waals surface area (Å²) in [6, 6.07) is 8.43. The Morgan fingerprint density at radius 1 is 1.25 bits per heavy atom. The predicted octanol–water partition coefficient (Wildman–Crippen LogP) is -0.0394. The average Bonchev–Trinajstić information content (AvgIpc) is 2.05. The van der Waals surface area contributed by atoms with Gasteiger partial charge in [-0.3, -0.25) is 4.57 Å². The van der Waals surface area contributed by atoms with Crippen LogP contribution >= 0.6 is 8.03 Å². The van der Waals surface area contributed by atoms with Crippen molar-refractivity contribution in [3.05, 3.63) is 35.9 Å². The molecule has 2 N–H and O–H groups in total. The predicted molar refractivity (Wildman–Crippen MR) is 52.6 cm³/mol. The van der Waals surface area contributed by atoms with E-state index in [2.05, 4.69) is 0 Å². The van der Waals surface area contributed by atoms with Crippen molar-refractivity contribution in [2.75, 3.05) is 0 Å². The Kier molecular flexibility index (Phi) is 5.49. The molecule has 0 aliphatic heterocycles. The minimum Gasteiger partial charge on any atom is -0.378 e. The highest BCUT2D eigenvalue weighted by Crippen LogP contribution is 2.34. The summed E-state index contributed by atoms with van der Waals surface area (Å²) in [6.07, 6.45) is 0. The van der Waals surface area contributed by atoms with Gasteiger partial charge in [-0.25, -0.2) is 0 Å². The number of benzene rings is 1. The Labute approximate surface area is 82.0 Å². The van der Waals surface area contributed by atoms with E-state index in [-0.39, 0.29) is 17.4 Å². The quantitative estimate of drug-likeness (QED) is 0.522. The second kappa shape index (κ2) is 5.53. The summed E-state index contributed by atoms with van der Waals surface area (Å²) in [5, 5.41) is 9.08. The van der Waals surface area contributed by atoms with Crippen molar-refractivity contribution >= 4 is 25.4 Å². The van der Waals surface area contributed by atoms with Crippen LogP contribution in [0.25, 0.3) is 0 Å². The van der Waals surface area contributed by atoms with E-state index in [1.54, 1.807) is 30.3 Å². The Balaban J connectivity index is 0.00000121. The summed E-state index contributed by atoms with van der Waals surface area (Å²) < 4.78 is 10.4. The van der Waals surface area contributed by atoms with Crippen LogP contribution in [-0.2, 0) is 4.57 Å². The highest BCUT2D eigenvalue weighted by atomic mass is 31.1. The molecular formula is C7H12AlO3P. The lowest BCUT2D eigenvalue weighted by Gasteiger charge is -2.04. The van der Waals surface area contributed by atoms with Crippen molar-refractivity contribution in [3.8, 4) is 0 Å². The highest BCUT2D eigenvalue weighted by Gasteiger charge is 2.10. The molecule has 12 heavy (non-hydrogen) atoms. The van der Waals surface area contributed by atoms with Gasteiger partial charge >= 0.3 is 0 Å². The zero-order chi connectivity index (χ0) is 8.27. The summed E-state index contributed by atoms with van der Waals surface area (Å²) in [4.78, 5) is 8.57. The fourth-order valence-electron chi connectivity index (χ4n) is 0.778. The standard InChI is InChI=1S/C7H9O3P.Al.3H/c8-7(11(9)10)6-4-2-1-3-5-6;;;;/h1-5,7-8,11H,(H,9,10);;;;. The first-order chi connectivity index (χ1) is 5.22. The monoisotopic (exact) mass is 202 g/mol. The summed E-state index contributed by atoms with van der Waals surface area (Å²) in [5.74, 6) is -1.22. The lowest BCUT2D eigenvalue weighted by molar-refractivity contribution is 0.243. The van der Waals surface area contributed by atoms with E-state index >= 15 is 0 Å². The van der Waals surface area contributed by atoms with Gasteiger partial charge in [0.25, 0.3) is 0 Å². The molecule has 0 heterocycles. The van der Waals surface area contributed by atoms with E-state index in [0.717, 1.165) is 0 Å². The molecule has 2 atom stereocenters. The van der Waals surface area contributed by atoms with Crippen molar-refractivity contribution in [1.82, 2.24) is 0 Å². The van der Waals surface area contributed by atoms with Crippen LogP contribution in [0.4, 0.5) is 0 Å². The first-order valence-electron chi connectivity index (χ1n) is 3.17. The van der Waals surface area contributed by atoms with Crippen LogP contribution in [-0.4, -0.2) is 27.4 Å². The van der Waals surface area contributed by atoms with Crippen LogP contribution in [0, 0.1) is 0 Å². The molecule has 0 aliphatic rings. The molecule has 5 heteroatoms. The van der Waals surface area contributed by atoms with Crippen LogP contribution in [0.2, 0.25) is 0 Å². The summed E-state index contributed by atoms with van der Waals surface area (Å²) >= 11 is 0. The van der Waals surface area contributed by atoms with Crippen molar-refractivity contribution < 1.29 is 14.6 Å². The molecule has 0 fully saturated rings. The highest BCUT2D eigenvalue weighted by molar-refractivity contribution is 7.38. The fourth-order valence-corrected chi connectivity index (χ4v) is 1.26. The van der Waals surface area contributed by atoms with E-state index < -0.39 is 13.9 Å². The van der Waals surface area contributed by atoms with Crippen LogP contribution in [0.3, 0.4) is 0 Å². The topological polar surface area (TPSA) is 57.5 Å². The molecule has 1 aromatic carbocycles. The number of aliphatic hydroxyl groups is 1. The maximum Gasteiger partial charge on any atom is 0.221 e. The van der Waals surface area contributed by atoms with Gasteiger partial charge in [0.05, 0.1) is 0 Å². The van der Waals surface area contributed by atoms with Crippen LogP contribution in [0.15, 0.2) is 30.3 Å². The van der Waals surface area contributed by atoms with Crippen LogP contribution in [0.1, 0.15) is 11.4 Å². The van der Waals surface area contributed by atoms with Gasteiger partial charge < -0.3 is 10.00 Å². The third kappa shape index (κ3) is 3.10. The Morgan fingerprint density at radius 2 is 1.75 bits per heavy atom. The zero-order valence-corrected chi connectivity index (χ0v) is 6.77. The van der Waals surface area contributed by atoms with E-state index in [9.17, 15) is 4.57 Å². The normalized spacial score (nSPS) is 14.5. The van der Waals surface area contributed by atoms with Gasteiger partial charge in [0, 0.05) is 0 Å². The maximum absolute atomic E-state index is 10.4. The van der Waals surface area contributed by atoms with Gasteiger partial charge in [-0.1, -0.05) is 30.3 Å². The summed E-state index contributed by atoms with van der Waals surface area (Å²) in [6.45, 7) is 0. The number of hydrogen-bond donors (Lipinski definition) is 2. The largest absolute Gasteiger partial charge is 0.378 e. The lowest BCUT2D eigenvalue weighted by atomic mass is 10.2. The van der Waals surface area contributed by atoms with Gasteiger partial charge in [0.1, 0.15) is 0 Å². The molecule has 0 spiro atoms. The molecule has 66 valence electrons. The molecule has 0 saturated carbocycles. The number of rotatable bonds is 2. The molecule has 2 unspecified atom stereocenters. The van der Waals surface area contributed by atoms with Crippen molar-refractivity contribution in [1.29, 1.82) is 0 Å². The van der Waals surface area contributed by atoms with E-state index in [1.165, 1.54) is 0 Å². The van der Waals surface area contributed by atoms with Gasteiger partial charge in [0.15, 0.2) is 23.2 Å². The Bertz CT molecular complexity index is 252. The molecular weight excluding hydrogens is 190 g/mol. The van der Waals surface area contributed by atoms with Gasteiger partial charge in [-0.15, -0.1) is 0 Å². The fraction of sp³-hybridized carbons (Fsp3) is 0.143.